The van der Waals surface area contributed by atoms with Gasteiger partial charge in [0.2, 0.25) is 10.0 Å². The van der Waals surface area contributed by atoms with Gasteiger partial charge in [-0.2, -0.15) is 0 Å². The first-order chi connectivity index (χ1) is 9.76. The van der Waals surface area contributed by atoms with E-state index in [2.05, 4.69) is 4.72 Å². The van der Waals surface area contributed by atoms with Crippen LogP contribution in [-0.4, -0.2) is 33.1 Å². The smallest absolute Gasteiger partial charge is 0.303 e. The maximum absolute atomic E-state index is 13.5. The monoisotopic (exact) mass is 319 g/mol. The molecule has 8 heteroatoms. The molecule has 0 saturated heterocycles. The number of nitrogens with one attached hydrogen (secondary N) is 1. The topological polar surface area (TPSA) is 92.7 Å². The van der Waals surface area contributed by atoms with Crippen molar-refractivity contribution in [2.24, 2.45) is 5.92 Å². The van der Waals surface area contributed by atoms with Gasteiger partial charge in [-0.25, -0.2) is 17.5 Å². The van der Waals surface area contributed by atoms with E-state index in [0.29, 0.717) is 6.42 Å². The van der Waals surface area contributed by atoms with E-state index in [4.69, 9.17) is 9.84 Å². The van der Waals surface area contributed by atoms with Crippen LogP contribution in [0.5, 0.6) is 5.75 Å². The highest BCUT2D eigenvalue weighted by molar-refractivity contribution is 7.89. The average molecular weight is 319 g/mol. The van der Waals surface area contributed by atoms with E-state index >= 15 is 0 Å². The summed E-state index contributed by atoms with van der Waals surface area (Å²) in [6.45, 7) is 1.82. The molecule has 0 aliphatic rings. The van der Waals surface area contributed by atoms with Crippen molar-refractivity contribution in [3.63, 3.8) is 0 Å². The van der Waals surface area contributed by atoms with Crippen molar-refractivity contribution < 1.29 is 27.4 Å². The predicted molar refractivity (Wildman–Crippen MR) is 74.2 cm³/mol. The number of carboxylic acids is 1. The highest BCUT2D eigenvalue weighted by Gasteiger charge is 2.17. The second kappa shape index (κ2) is 7.37. The fourth-order valence-corrected chi connectivity index (χ4v) is 2.80. The molecule has 0 aliphatic carbocycles. The van der Waals surface area contributed by atoms with Gasteiger partial charge in [-0.15, -0.1) is 0 Å². The molecule has 0 fully saturated rings. The number of halogens is 1. The summed E-state index contributed by atoms with van der Waals surface area (Å²) in [5.74, 6) is -1.87. The highest BCUT2D eigenvalue weighted by atomic mass is 32.2. The number of hydrogen-bond acceptors (Lipinski definition) is 4. The molecule has 1 unspecified atom stereocenters. The minimum Gasteiger partial charge on any atom is -0.494 e. The van der Waals surface area contributed by atoms with Crippen molar-refractivity contribution in [3.8, 4) is 5.75 Å². The van der Waals surface area contributed by atoms with Crippen molar-refractivity contribution in [2.45, 2.75) is 24.7 Å². The Morgan fingerprint density at radius 1 is 1.48 bits per heavy atom. The highest BCUT2D eigenvalue weighted by Crippen LogP contribution is 2.20. The molecule has 0 aliphatic heterocycles. The molecule has 0 radical (unpaired) electrons. The van der Waals surface area contributed by atoms with E-state index < -0.39 is 21.8 Å². The lowest BCUT2D eigenvalue weighted by atomic mass is 10.1. The van der Waals surface area contributed by atoms with Crippen LogP contribution in [0.3, 0.4) is 0 Å². The molecule has 118 valence electrons. The van der Waals surface area contributed by atoms with E-state index in [1.54, 1.807) is 6.92 Å². The van der Waals surface area contributed by atoms with Crippen LogP contribution in [0, 0.1) is 11.7 Å². The zero-order chi connectivity index (χ0) is 16.0. The van der Waals surface area contributed by atoms with Gasteiger partial charge >= 0.3 is 5.97 Å². The van der Waals surface area contributed by atoms with Gasteiger partial charge < -0.3 is 9.84 Å². The summed E-state index contributed by atoms with van der Waals surface area (Å²) < 4.78 is 44.5. The molecule has 0 saturated carbocycles. The van der Waals surface area contributed by atoms with Crippen LogP contribution in [0.25, 0.3) is 0 Å². The van der Waals surface area contributed by atoms with Crippen LogP contribution < -0.4 is 9.46 Å². The third kappa shape index (κ3) is 5.31. The third-order valence-corrected chi connectivity index (χ3v) is 4.33. The van der Waals surface area contributed by atoms with Gasteiger partial charge in [-0.3, -0.25) is 4.79 Å². The number of carbonyl (C=O) groups is 1. The van der Waals surface area contributed by atoms with Gasteiger partial charge in [0.1, 0.15) is 0 Å². The number of benzene rings is 1. The summed E-state index contributed by atoms with van der Waals surface area (Å²) in [6.07, 6.45) is 0.328. The van der Waals surface area contributed by atoms with Crippen LogP contribution in [0.1, 0.15) is 19.8 Å². The molecule has 2 N–H and O–H groups in total. The Bertz CT molecular complexity index is 603. The molecule has 0 amide bonds. The molecule has 1 atom stereocenters. The molecule has 0 spiro atoms. The predicted octanol–water partition coefficient (Wildman–Crippen LogP) is 1.61. The number of sulfonamides is 1. The molecule has 21 heavy (non-hydrogen) atoms. The number of hydrogen-bond donors (Lipinski definition) is 2. The first-order valence-electron chi connectivity index (χ1n) is 6.31. The van der Waals surface area contributed by atoms with E-state index in [9.17, 15) is 17.6 Å². The number of methoxy groups -OCH3 is 1. The van der Waals surface area contributed by atoms with Crippen molar-refractivity contribution in [3.05, 3.63) is 24.0 Å². The maximum atomic E-state index is 13.5. The SMILES string of the molecule is COc1ccc(S(=O)(=O)NCC(C)CCC(=O)O)cc1F. The number of rotatable bonds is 8. The molecule has 0 heterocycles. The summed E-state index contributed by atoms with van der Waals surface area (Å²) in [5, 5.41) is 8.56. The Balaban J connectivity index is 2.69. The molecule has 0 bridgehead atoms. The molecule has 1 aromatic carbocycles. The van der Waals surface area contributed by atoms with Crippen molar-refractivity contribution >= 4 is 16.0 Å². The van der Waals surface area contributed by atoms with Crippen molar-refractivity contribution in [2.75, 3.05) is 13.7 Å². The van der Waals surface area contributed by atoms with Crippen LogP contribution in [-0.2, 0) is 14.8 Å². The van der Waals surface area contributed by atoms with Crippen LogP contribution in [0.15, 0.2) is 23.1 Å². The van der Waals surface area contributed by atoms with Crippen LogP contribution in [0.2, 0.25) is 0 Å². The summed E-state index contributed by atoms with van der Waals surface area (Å²) >= 11 is 0. The number of carboxylic acid groups (broad SMARTS) is 1. The molecular formula is C13H18FNO5S. The Kier molecular flexibility index (Phi) is 6.10. The average Bonchev–Trinajstić information content (AvgIpc) is 2.42. The Morgan fingerprint density at radius 2 is 2.14 bits per heavy atom. The van der Waals surface area contributed by atoms with Gasteiger partial charge in [0.15, 0.2) is 11.6 Å². The molecule has 1 aromatic rings. The van der Waals surface area contributed by atoms with Gasteiger partial charge in [0.05, 0.1) is 12.0 Å². The van der Waals surface area contributed by atoms with E-state index in [-0.39, 0.29) is 29.5 Å². The number of aliphatic carboxylic acids is 1. The second-order valence-electron chi connectivity index (χ2n) is 4.69. The summed E-state index contributed by atoms with van der Waals surface area (Å²) in [5.41, 5.74) is 0. The lowest BCUT2D eigenvalue weighted by molar-refractivity contribution is -0.137. The molecule has 6 nitrogen and oxygen atoms in total. The first kappa shape index (κ1) is 17.4. The normalized spacial score (nSPS) is 12.9. The zero-order valence-electron chi connectivity index (χ0n) is 11.8. The quantitative estimate of drug-likeness (QED) is 0.759. The van der Waals surface area contributed by atoms with Crippen LogP contribution >= 0.6 is 0 Å². The molecular weight excluding hydrogens is 301 g/mol. The van der Waals surface area contributed by atoms with Crippen molar-refractivity contribution in [1.29, 1.82) is 0 Å². The van der Waals surface area contributed by atoms with E-state index in [1.807, 2.05) is 0 Å². The number of ether oxygens (including phenoxy) is 1. The Labute approximate surface area is 123 Å². The molecule has 0 aromatic heterocycles. The second-order valence-corrected chi connectivity index (χ2v) is 6.45. The van der Waals surface area contributed by atoms with Crippen LogP contribution in [0.4, 0.5) is 4.39 Å². The summed E-state index contributed by atoms with van der Waals surface area (Å²) in [7, 11) is -2.55. The molecule has 1 rings (SSSR count). The first-order valence-corrected chi connectivity index (χ1v) is 7.79. The summed E-state index contributed by atoms with van der Waals surface area (Å²) in [6, 6.07) is 3.35. The fraction of sp³-hybridized carbons (Fsp3) is 0.462. The van der Waals surface area contributed by atoms with E-state index in [1.165, 1.54) is 19.2 Å². The lowest BCUT2D eigenvalue weighted by Gasteiger charge is -2.12. The van der Waals surface area contributed by atoms with Gasteiger partial charge in [-0.1, -0.05) is 6.92 Å². The Hall–Kier alpha value is -1.67. The Morgan fingerprint density at radius 3 is 2.67 bits per heavy atom. The largest absolute Gasteiger partial charge is 0.494 e. The standard InChI is InChI=1S/C13H18FNO5S/c1-9(3-6-13(16)17)8-15-21(18,19)10-4-5-12(20-2)11(14)7-10/h4-5,7,9,15H,3,6,8H2,1-2H3,(H,16,17). The lowest BCUT2D eigenvalue weighted by Crippen LogP contribution is -2.28. The van der Waals surface area contributed by atoms with Gasteiger partial charge in [-0.05, 0) is 30.5 Å². The maximum Gasteiger partial charge on any atom is 0.303 e. The summed E-state index contributed by atoms with van der Waals surface area (Å²) in [4.78, 5) is 10.2. The minimum atomic E-state index is -3.83. The minimum absolute atomic E-state index is 0.0277. The fourth-order valence-electron chi connectivity index (χ4n) is 1.62. The van der Waals surface area contributed by atoms with Gasteiger partial charge in [0.25, 0.3) is 0 Å². The van der Waals surface area contributed by atoms with E-state index in [0.717, 1.165) is 6.07 Å². The van der Waals surface area contributed by atoms with Crippen molar-refractivity contribution in [1.82, 2.24) is 4.72 Å². The zero-order valence-corrected chi connectivity index (χ0v) is 12.6. The third-order valence-electron chi connectivity index (χ3n) is 2.91. The van der Waals surface area contributed by atoms with Gasteiger partial charge in [0, 0.05) is 13.0 Å².